The fraction of sp³-hybridized carbons (Fsp3) is 0.231. The van der Waals surface area contributed by atoms with Gasteiger partial charge in [0.2, 0.25) is 0 Å². The molecule has 1 fully saturated rings. The summed E-state index contributed by atoms with van der Waals surface area (Å²) in [7, 11) is 0. The maximum absolute atomic E-state index is 13.9. The van der Waals surface area contributed by atoms with Crippen molar-refractivity contribution in [1.82, 2.24) is 4.90 Å². The number of nitrogens with zero attached hydrogens (tertiary/aromatic N) is 1. The summed E-state index contributed by atoms with van der Waals surface area (Å²) in [5, 5.41) is 6.02. The molecule has 0 spiro atoms. The first kappa shape index (κ1) is 21.2. The first-order chi connectivity index (χ1) is 16.1. The smallest absolute Gasteiger partial charge is 0.256 e. The topological polar surface area (TPSA) is 70.7 Å². The molecule has 2 aliphatic heterocycles. The van der Waals surface area contributed by atoms with Gasteiger partial charge in [-0.05, 0) is 49.2 Å². The zero-order chi connectivity index (χ0) is 22.8. The molecular formula is C26H24FN3O3. The molecule has 2 N–H and O–H groups in total. The van der Waals surface area contributed by atoms with Crippen molar-refractivity contribution in [2.45, 2.75) is 25.1 Å². The zero-order valence-electron chi connectivity index (χ0n) is 18.0. The molecule has 3 aromatic rings. The Hall–Kier alpha value is -3.71. The van der Waals surface area contributed by atoms with Gasteiger partial charge in [0, 0.05) is 35.5 Å². The molecule has 6 nitrogen and oxygen atoms in total. The van der Waals surface area contributed by atoms with Crippen LogP contribution in [0.25, 0.3) is 0 Å². The number of rotatable bonds is 6. The average Bonchev–Trinajstić information content (AvgIpc) is 3.44. The van der Waals surface area contributed by atoms with Gasteiger partial charge in [-0.25, -0.2) is 4.39 Å². The number of hydrogen-bond acceptors (Lipinski definition) is 4. The molecular weight excluding hydrogens is 421 g/mol. The third-order valence-corrected chi connectivity index (χ3v) is 6.03. The highest BCUT2D eigenvalue weighted by Crippen LogP contribution is 2.35. The highest BCUT2D eigenvalue weighted by Gasteiger charge is 2.38. The summed E-state index contributed by atoms with van der Waals surface area (Å²) in [5.41, 5.74) is 2.75. The van der Waals surface area contributed by atoms with Crippen LogP contribution in [-0.2, 0) is 4.74 Å². The maximum Gasteiger partial charge on any atom is 0.256 e. The van der Waals surface area contributed by atoms with Crippen LogP contribution in [0, 0.1) is 5.82 Å². The SMILES string of the molecule is O=C(Nc1ccccc1F)c1cccc(NC2c3ccccc3C(=O)N2CC2CCCO2)c1. The summed E-state index contributed by atoms with van der Waals surface area (Å²) in [5.74, 6) is -0.944. The van der Waals surface area contributed by atoms with E-state index in [0.717, 1.165) is 25.0 Å². The minimum Gasteiger partial charge on any atom is -0.376 e. The molecule has 0 saturated carbocycles. The predicted octanol–water partition coefficient (Wildman–Crippen LogP) is 4.82. The van der Waals surface area contributed by atoms with Gasteiger partial charge in [0.15, 0.2) is 0 Å². The van der Waals surface area contributed by atoms with Gasteiger partial charge >= 0.3 is 0 Å². The van der Waals surface area contributed by atoms with Crippen molar-refractivity contribution in [3.8, 4) is 0 Å². The van der Waals surface area contributed by atoms with Crippen LogP contribution in [0.2, 0.25) is 0 Å². The molecule has 168 valence electrons. The van der Waals surface area contributed by atoms with Crippen molar-refractivity contribution in [2.24, 2.45) is 0 Å². The number of para-hydroxylation sites is 1. The standard InChI is InChI=1S/C26H24FN3O3/c27-22-12-3-4-13-23(22)29-25(31)17-7-5-8-18(15-17)28-24-20-10-1-2-11-21(20)26(32)30(24)16-19-9-6-14-33-19/h1-5,7-8,10-13,15,19,24,28H,6,9,14,16H2,(H,29,31). The molecule has 2 heterocycles. The third-order valence-electron chi connectivity index (χ3n) is 6.03. The van der Waals surface area contributed by atoms with E-state index in [-0.39, 0.29) is 23.9 Å². The first-order valence-corrected chi connectivity index (χ1v) is 11.0. The van der Waals surface area contributed by atoms with E-state index in [1.807, 2.05) is 30.3 Å². The van der Waals surface area contributed by atoms with Crippen molar-refractivity contribution < 1.29 is 18.7 Å². The lowest BCUT2D eigenvalue weighted by Gasteiger charge is -2.29. The largest absolute Gasteiger partial charge is 0.376 e. The lowest BCUT2D eigenvalue weighted by atomic mass is 10.1. The van der Waals surface area contributed by atoms with Crippen LogP contribution in [0.3, 0.4) is 0 Å². The van der Waals surface area contributed by atoms with E-state index in [1.54, 1.807) is 35.2 Å². The second kappa shape index (κ2) is 9.03. The molecule has 2 aliphatic rings. The van der Waals surface area contributed by atoms with Gasteiger partial charge in [-0.15, -0.1) is 0 Å². The summed E-state index contributed by atoms with van der Waals surface area (Å²) in [6.45, 7) is 1.22. The molecule has 7 heteroatoms. The van der Waals surface area contributed by atoms with Gasteiger partial charge in [-0.2, -0.15) is 0 Å². The van der Waals surface area contributed by atoms with Crippen LogP contribution in [0.4, 0.5) is 15.8 Å². The molecule has 5 rings (SSSR count). The molecule has 2 atom stereocenters. The highest BCUT2D eigenvalue weighted by atomic mass is 19.1. The van der Waals surface area contributed by atoms with Crippen LogP contribution >= 0.6 is 0 Å². The lowest BCUT2D eigenvalue weighted by Crippen LogP contribution is -2.38. The van der Waals surface area contributed by atoms with E-state index in [0.29, 0.717) is 23.4 Å². The average molecular weight is 445 g/mol. The van der Waals surface area contributed by atoms with E-state index < -0.39 is 11.7 Å². The zero-order valence-corrected chi connectivity index (χ0v) is 18.0. The molecule has 3 aromatic carbocycles. The number of halogens is 1. The minimum absolute atomic E-state index is 0.0189. The number of carbonyl (C=O) groups is 2. The van der Waals surface area contributed by atoms with E-state index >= 15 is 0 Å². The Balaban J connectivity index is 1.38. The quantitative estimate of drug-likeness (QED) is 0.571. The molecule has 1 saturated heterocycles. The van der Waals surface area contributed by atoms with Crippen molar-refractivity contribution in [1.29, 1.82) is 0 Å². The molecule has 0 bridgehead atoms. The van der Waals surface area contributed by atoms with Crippen molar-refractivity contribution in [3.63, 3.8) is 0 Å². The number of nitrogens with one attached hydrogen (secondary N) is 2. The van der Waals surface area contributed by atoms with Crippen molar-refractivity contribution >= 4 is 23.2 Å². The number of carbonyl (C=O) groups excluding carboxylic acids is 2. The molecule has 0 aromatic heterocycles. The molecule has 2 amide bonds. The highest BCUT2D eigenvalue weighted by molar-refractivity contribution is 6.05. The van der Waals surface area contributed by atoms with Gasteiger partial charge in [0.1, 0.15) is 12.0 Å². The number of anilines is 2. The van der Waals surface area contributed by atoms with Gasteiger partial charge in [0.05, 0.1) is 11.8 Å². The number of fused-ring (bicyclic) bond motifs is 1. The van der Waals surface area contributed by atoms with Crippen LogP contribution < -0.4 is 10.6 Å². The summed E-state index contributed by atoms with van der Waals surface area (Å²) in [6.07, 6.45) is 1.57. The monoisotopic (exact) mass is 445 g/mol. The second-order valence-electron chi connectivity index (χ2n) is 8.24. The van der Waals surface area contributed by atoms with Crippen LogP contribution in [0.15, 0.2) is 72.8 Å². The van der Waals surface area contributed by atoms with Crippen LogP contribution in [-0.4, -0.2) is 36.0 Å². The van der Waals surface area contributed by atoms with Gasteiger partial charge in [-0.1, -0.05) is 36.4 Å². The molecule has 0 aliphatic carbocycles. The number of ether oxygens (including phenoxy) is 1. The van der Waals surface area contributed by atoms with Crippen LogP contribution in [0.1, 0.15) is 45.3 Å². The van der Waals surface area contributed by atoms with E-state index in [2.05, 4.69) is 10.6 Å². The number of benzene rings is 3. The number of hydrogen-bond donors (Lipinski definition) is 2. The fourth-order valence-electron chi connectivity index (χ4n) is 4.39. The Labute approximate surface area is 191 Å². The van der Waals surface area contributed by atoms with Gasteiger partial charge in [-0.3, -0.25) is 9.59 Å². The minimum atomic E-state index is -0.494. The van der Waals surface area contributed by atoms with Gasteiger partial charge < -0.3 is 20.3 Å². The van der Waals surface area contributed by atoms with Crippen LogP contribution in [0.5, 0.6) is 0 Å². The summed E-state index contributed by atoms with van der Waals surface area (Å²) in [6, 6.07) is 20.5. The van der Waals surface area contributed by atoms with E-state index in [4.69, 9.17) is 4.74 Å². The third kappa shape index (κ3) is 4.32. The predicted molar refractivity (Wildman–Crippen MR) is 124 cm³/mol. The Morgan fingerprint density at radius 3 is 2.70 bits per heavy atom. The Bertz CT molecular complexity index is 1190. The molecule has 2 unspecified atom stereocenters. The number of amides is 2. The fourth-order valence-corrected chi connectivity index (χ4v) is 4.39. The summed E-state index contributed by atoms with van der Waals surface area (Å²) < 4.78 is 19.7. The maximum atomic E-state index is 13.9. The first-order valence-electron chi connectivity index (χ1n) is 11.0. The summed E-state index contributed by atoms with van der Waals surface area (Å²) in [4.78, 5) is 27.6. The summed E-state index contributed by atoms with van der Waals surface area (Å²) >= 11 is 0. The van der Waals surface area contributed by atoms with Gasteiger partial charge in [0.25, 0.3) is 11.8 Å². The Morgan fingerprint density at radius 1 is 1.06 bits per heavy atom. The second-order valence-corrected chi connectivity index (χ2v) is 8.24. The van der Waals surface area contributed by atoms with E-state index in [9.17, 15) is 14.0 Å². The van der Waals surface area contributed by atoms with E-state index in [1.165, 1.54) is 12.1 Å². The molecule has 33 heavy (non-hydrogen) atoms. The van der Waals surface area contributed by atoms with Crippen molar-refractivity contribution in [3.05, 3.63) is 95.3 Å². The molecule has 0 radical (unpaired) electrons. The van der Waals surface area contributed by atoms with Crippen molar-refractivity contribution in [2.75, 3.05) is 23.8 Å². The Morgan fingerprint density at radius 2 is 1.88 bits per heavy atom. The Kier molecular flexibility index (Phi) is 5.79. The normalized spacial score (nSPS) is 19.4. The lowest BCUT2D eigenvalue weighted by molar-refractivity contribution is 0.0489.